The van der Waals surface area contributed by atoms with Gasteiger partial charge in [0.2, 0.25) is 0 Å². The number of aryl methyl sites for hydroxylation is 1. The first kappa shape index (κ1) is 19.4. The Bertz CT molecular complexity index is 772. The highest BCUT2D eigenvalue weighted by atomic mass is 19.4. The average Bonchev–Trinajstić information content (AvgIpc) is 2.70. The van der Waals surface area contributed by atoms with Gasteiger partial charge in [-0.3, -0.25) is 10.00 Å². The first-order chi connectivity index (χ1) is 13.0. The molecule has 0 bridgehead atoms. The van der Waals surface area contributed by atoms with Gasteiger partial charge < -0.3 is 5.32 Å². The van der Waals surface area contributed by atoms with Crippen LogP contribution in [-0.4, -0.2) is 34.0 Å². The fourth-order valence-corrected chi connectivity index (χ4v) is 4.40. The summed E-state index contributed by atoms with van der Waals surface area (Å²) in [6.07, 6.45) is -2.37. The van der Waals surface area contributed by atoms with Crippen molar-refractivity contribution in [3.63, 3.8) is 0 Å². The van der Waals surface area contributed by atoms with Crippen LogP contribution >= 0.6 is 0 Å². The molecule has 3 aliphatic carbocycles. The van der Waals surface area contributed by atoms with Crippen molar-refractivity contribution in [2.45, 2.75) is 80.8 Å². The summed E-state index contributed by atoms with van der Waals surface area (Å²) in [5, 5.41) is 9.25. The second kappa shape index (κ2) is 6.32. The first-order valence-electron chi connectivity index (χ1n) is 9.62. The minimum atomic E-state index is -4.41. The number of carbonyl (C=O) groups is 1. The molecule has 2 amide bonds. The molecule has 1 aromatic rings. The number of anilines is 1. The molecular weight excluding hydrogens is 383 g/mol. The van der Waals surface area contributed by atoms with Gasteiger partial charge in [0.25, 0.3) is 5.92 Å². The van der Waals surface area contributed by atoms with Crippen molar-refractivity contribution in [2.75, 3.05) is 5.32 Å². The molecule has 0 aliphatic heterocycles. The molecule has 0 saturated heterocycles. The Labute approximate surface area is 159 Å². The summed E-state index contributed by atoms with van der Waals surface area (Å²) in [6.45, 7) is 0. The molecule has 4 rings (SSSR count). The summed E-state index contributed by atoms with van der Waals surface area (Å²) in [4.78, 5) is 12.3. The maximum atomic E-state index is 13.9. The highest BCUT2D eigenvalue weighted by Crippen LogP contribution is 2.57. The van der Waals surface area contributed by atoms with Gasteiger partial charge in [-0.25, -0.2) is 13.6 Å². The maximum absolute atomic E-state index is 13.9. The molecule has 28 heavy (non-hydrogen) atoms. The molecule has 3 aliphatic rings. The number of rotatable bonds is 4. The lowest BCUT2D eigenvalue weighted by molar-refractivity contribution is -0.214. The van der Waals surface area contributed by atoms with Gasteiger partial charge >= 0.3 is 12.2 Å². The van der Waals surface area contributed by atoms with Crippen LogP contribution in [0.4, 0.5) is 32.6 Å². The molecule has 0 aromatic carbocycles. The van der Waals surface area contributed by atoms with E-state index in [2.05, 4.69) is 15.7 Å². The molecule has 0 unspecified atom stereocenters. The third kappa shape index (κ3) is 3.04. The predicted octanol–water partition coefficient (Wildman–Crippen LogP) is 4.59. The zero-order valence-corrected chi connectivity index (χ0v) is 15.5. The standard InChI is InChI=1S/C18H23F5N4O/c1-27-14(25-15(28)24-11-8-17(19,20)9-11)12(10-4-2-5-10)13(26-27)16(6-3-7-16)18(21,22)23/h10-11H,2-9H2,1H3,(H2,24,25,28). The quantitative estimate of drug-likeness (QED) is 0.719. The lowest BCUT2D eigenvalue weighted by Crippen LogP contribution is -2.51. The van der Waals surface area contributed by atoms with Crippen LogP contribution in [0.3, 0.4) is 0 Å². The third-order valence-electron chi connectivity index (χ3n) is 6.46. The Balaban J connectivity index is 1.61. The smallest absolute Gasteiger partial charge is 0.335 e. The minimum Gasteiger partial charge on any atom is -0.335 e. The Morgan fingerprint density at radius 2 is 1.82 bits per heavy atom. The molecule has 1 aromatic heterocycles. The number of nitrogens with zero attached hydrogens (tertiary/aromatic N) is 2. The summed E-state index contributed by atoms with van der Waals surface area (Å²) >= 11 is 0. The van der Waals surface area contributed by atoms with Crippen molar-refractivity contribution in [1.29, 1.82) is 0 Å². The Kier molecular flexibility index (Phi) is 4.39. The zero-order valence-electron chi connectivity index (χ0n) is 15.5. The summed E-state index contributed by atoms with van der Waals surface area (Å²) in [5.41, 5.74) is -1.48. The van der Waals surface area contributed by atoms with E-state index in [1.165, 1.54) is 11.7 Å². The molecule has 0 atom stereocenters. The van der Waals surface area contributed by atoms with E-state index < -0.39 is 42.4 Å². The lowest BCUT2D eigenvalue weighted by Gasteiger charge is -2.43. The fourth-order valence-electron chi connectivity index (χ4n) is 4.40. The van der Waals surface area contributed by atoms with E-state index >= 15 is 0 Å². The van der Waals surface area contributed by atoms with E-state index in [1.807, 2.05) is 0 Å². The molecular formula is C18H23F5N4O. The van der Waals surface area contributed by atoms with Crippen LogP contribution in [0.5, 0.6) is 0 Å². The van der Waals surface area contributed by atoms with Crippen molar-refractivity contribution in [3.8, 4) is 0 Å². The summed E-state index contributed by atoms with van der Waals surface area (Å²) in [7, 11) is 1.50. The normalized spacial score (nSPS) is 24.1. The number of halogens is 5. The average molecular weight is 406 g/mol. The highest BCUT2D eigenvalue weighted by Gasteiger charge is 2.62. The Hall–Kier alpha value is -1.87. The largest absolute Gasteiger partial charge is 0.400 e. The van der Waals surface area contributed by atoms with Gasteiger partial charge in [-0.2, -0.15) is 18.3 Å². The van der Waals surface area contributed by atoms with Crippen molar-refractivity contribution >= 4 is 11.8 Å². The number of nitrogens with one attached hydrogen (secondary N) is 2. The van der Waals surface area contributed by atoms with Crippen LogP contribution in [0, 0.1) is 0 Å². The molecule has 3 saturated carbocycles. The molecule has 0 spiro atoms. The number of hydrogen-bond donors (Lipinski definition) is 2. The van der Waals surface area contributed by atoms with Gasteiger partial charge in [0.15, 0.2) is 0 Å². The second-order valence-corrected chi connectivity index (χ2v) is 8.36. The summed E-state index contributed by atoms with van der Waals surface area (Å²) < 4.78 is 68.9. The topological polar surface area (TPSA) is 59.0 Å². The van der Waals surface area contributed by atoms with Gasteiger partial charge in [-0.1, -0.05) is 12.8 Å². The number of alkyl halides is 5. The van der Waals surface area contributed by atoms with E-state index in [9.17, 15) is 26.7 Å². The van der Waals surface area contributed by atoms with Gasteiger partial charge in [0.1, 0.15) is 11.2 Å². The summed E-state index contributed by atoms with van der Waals surface area (Å²) in [5.74, 6) is -2.61. The van der Waals surface area contributed by atoms with Gasteiger partial charge in [0.05, 0.1) is 5.69 Å². The van der Waals surface area contributed by atoms with E-state index in [0.29, 0.717) is 12.0 Å². The highest BCUT2D eigenvalue weighted by molar-refractivity contribution is 5.89. The van der Waals surface area contributed by atoms with Crippen molar-refractivity contribution < 1.29 is 26.7 Å². The summed E-state index contributed by atoms with van der Waals surface area (Å²) in [6, 6.07) is -1.33. The van der Waals surface area contributed by atoms with E-state index in [0.717, 1.165) is 19.3 Å². The zero-order chi connectivity index (χ0) is 20.3. The SMILES string of the molecule is Cn1nc(C2(C(F)(F)F)CCC2)c(C2CCC2)c1NC(=O)NC1CC(F)(F)C1. The molecule has 5 nitrogen and oxygen atoms in total. The van der Waals surface area contributed by atoms with E-state index in [4.69, 9.17) is 0 Å². The van der Waals surface area contributed by atoms with Gasteiger partial charge in [-0.05, 0) is 31.6 Å². The van der Waals surface area contributed by atoms with Crippen LogP contribution in [0.1, 0.15) is 68.5 Å². The molecule has 3 fully saturated rings. The van der Waals surface area contributed by atoms with E-state index in [1.54, 1.807) is 0 Å². The second-order valence-electron chi connectivity index (χ2n) is 8.36. The number of hydrogen-bond acceptors (Lipinski definition) is 2. The Morgan fingerprint density at radius 1 is 1.18 bits per heavy atom. The van der Waals surface area contributed by atoms with Crippen LogP contribution < -0.4 is 10.6 Å². The molecule has 1 heterocycles. The van der Waals surface area contributed by atoms with Gasteiger partial charge in [-0.15, -0.1) is 0 Å². The molecule has 156 valence electrons. The molecule has 0 radical (unpaired) electrons. The third-order valence-corrected chi connectivity index (χ3v) is 6.46. The van der Waals surface area contributed by atoms with Crippen molar-refractivity contribution in [3.05, 3.63) is 11.3 Å². The lowest BCUT2D eigenvalue weighted by atomic mass is 9.63. The first-order valence-corrected chi connectivity index (χ1v) is 9.62. The Morgan fingerprint density at radius 3 is 2.25 bits per heavy atom. The maximum Gasteiger partial charge on any atom is 0.400 e. The van der Waals surface area contributed by atoms with Crippen molar-refractivity contribution in [2.24, 2.45) is 7.05 Å². The van der Waals surface area contributed by atoms with Crippen LogP contribution in [0.15, 0.2) is 0 Å². The number of urea groups is 1. The number of amides is 2. The monoisotopic (exact) mass is 406 g/mol. The van der Waals surface area contributed by atoms with Gasteiger partial charge in [0, 0.05) is 31.5 Å². The molecule has 10 heteroatoms. The van der Waals surface area contributed by atoms with Crippen LogP contribution in [0.25, 0.3) is 0 Å². The number of carbonyl (C=O) groups excluding carboxylic acids is 1. The van der Waals surface area contributed by atoms with Crippen LogP contribution in [0.2, 0.25) is 0 Å². The van der Waals surface area contributed by atoms with Crippen LogP contribution in [-0.2, 0) is 12.5 Å². The fraction of sp³-hybridized carbons (Fsp3) is 0.778. The van der Waals surface area contributed by atoms with Crippen molar-refractivity contribution in [1.82, 2.24) is 15.1 Å². The molecule has 2 N–H and O–H groups in total. The van der Waals surface area contributed by atoms with E-state index in [-0.39, 0.29) is 30.3 Å². The number of aromatic nitrogens is 2. The predicted molar refractivity (Wildman–Crippen MR) is 91.5 cm³/mol. The minimum absolute atomic E-state index is 0.00394.